The van der Waals surface area contributed by atoms with Gasteiger partial charge in [-0.25, -0.2) is 0 Å². The summed E-state index contributed by atoms with van der Waals surface area (Å²) in [5, 5.41) is 0. The first kappa shape index (κ1) is 11.5. The summed E-state index contributed by atoms with van der Waals surface area (Å²) in [6.45, 7) is 7.48. The average Bonchev–Trinajstić information content (AvgIpc) is 2.64. The maximum atomic E-state index is 12.3. The molecule has 0 bridgehead atoms. The molecule has 4 atom stereocenters. The Morgan fingerprint density at radius 1 is 1.41 bits per heavy atom. The standard InChI is InChI=1S/C15H22O2/c1-9-4-5-14(16)15(3)7-13-11(6-12(9)15)10(2)8-17-13/h9,12-13H,4-8H2,1-3H3. The zero-order chi connectivity index (χ0) is 12.2. The van der Waals surface area contributed by atoms with Crippen LogP contribution in [0.1, 0.15) is 46.5 Å². The Balaban J connectivity index is 1.97. The highest BCUT2D eigenvalue weighted by Crippen LogP contribution is 2.54. The molecule has 2 fully saturated rings. The van der Waals surface area contributed by atoms with Crippen LogP contribution in [0.2, 0.25) is 0 Å². The van der Waals surface area contributed by atoms with E-state index in [1.165, 1.54) is 11.1 Å². The summed E-state index contributed by atoms with van der Waals surface area (Å²) >= 11 is 0. The van der Waals surface area contributed by atoms with Crippen LogP contribution < -0.4 is 0 Å². The van der Waals surface area contributed by atoms with E-state index >= 15 is 0 Å². The lowest BCUT2D eigenvalue weighted by atomic mass is 9.55. The Morgan fingerprint density at radius 2 is 2.18 bits per heavy atom. The fourth-order valence-electron chi connectivity index (χ4n) is 4.18. The summed E-state index contributed by atoms with van der Waals surface area (Å²) in [4.78, 5) is 12.3. The largest absolute Gasteiger partial charge is 0.369 e. The SMILES string of the molecule is CC1=C2CC3C(C)CCC(=O)C3(C)CC2OC1. The minimum atomic E-state index is -0.115. The van der Waals surface area contributed by atoms with Crippen molar-refractivity contribution in [2.24, 2.45) is 17.3 Å². The molecule has 0 saturated heterocycles. The van der Waals surface area contributed by atoms with Crippen LogP contribution in [0.15, 0.2) is 11.1 Å². The van der Waals surface area contributed by atoms with Gasteiger partial charge in [0.25, 0.3) is 0 Å². The van der Waals surface area contributed by atoms with Gasteiger partial charge in [0.15, 0.2) is 0 Å². The lowest BCUT2D eigenvalue weighted by molar-refractivity contribution is -0.141. The van der Waals surface area contributed by atoms with Crippen LogP contribution >= 0.6 is 0 Å². The van der Waals surface area contributed by atoms with E-state index in [9.17, 15) is 4.79 Å². The van der Waals surface area contributed by atoms with E-state index in [0.717, 1.165) is 32.3 Å². The topological polar surface area (TPSA) is 26.3 Å². The van der Waals surface area contributed by atoms with Crippen LogP contribution in [0.3, 0.4) is 0 Å². The maximum absolute atomic E-state index is 12.3. The lowest BCUT2D eigenvalue weighted by Gasteiger charge is -2.49. The summed E-state index contributed by atoms with van der Waals surface area (Å²) in [6.07, 6.45) is 4.12. The van der Waals surface area contributed by atoms with Crippen molar-refractivity contribution in [3.8, 4) is 0 Å². The Labute approximate surface area is 103 Å². The van der Waals surface area contributed by atoms with E-state index in [0.29, 0.717) is 17.6 Å². The molecule has 0 aromatic carbocycles. The summed E-state index contributed by atoms with van der Waals surface area (Å²) in [6, 6.07) is 0. The molecule has 4 unspecified atom stereocenters. The van der Waals surface area contributed by atoms with Gasteiger partial charge in [0.2, 0.25) is 0 Å². The summed E-state index contributed by atoms with van der Waals surface area (Å²) in [7, 11) is 0. The predicted molar refractivity (Wildman–Crippen MR) is 66.7 cm³/mol. The molecule has 0 aromatic rings. The van der Waals surface area contributed by atoms with Crippen LogP contribution in [0.25, 0.3) is 0 Å². The molecule has 3 rings (SSSR count). The number of ketones is 1. The van der Waals surface area contributed by atoms with Gasteiger partial charge in [-0.3, -0.25) is 4.79 Å². The first-order valence-electron chi connectivity index (χ1n) is 6.86. The maximum Gasteiger partial charge on any atom is 0.139 e. The van der Waals surface area contributed by atoms with Gasteiger partial charge in [-0.05, 0) is 49.2 Å². The molecule has 2 saturated carbocycles. The van der Waals surface area contributed by atoms with Crippen LogP contribution in [0.5, 0.6) is 0 Å². The molecule has 0 spiro atoms. The molecule has 0 aromatic heterocycles. The molecule has 0 amide bonds. The fraction of sp³-hybridized carbons (Fsp3) is 0.800. The fourth-order valence-corrected chi connectivity index (χ4v) is 4.18. The second-order valence-electron chi connectivity index (χ2n) is 6.48. The summed E-state index contributed by atoms with van der Waals surface area (Å²) < 4.78 is 5.84. The van der Waals surface area contributed by atoms with Crippen LogP contribution in [0.4, 0.5) is 0 Å². The zero-order valence-electron chi connectivity index (χ0n) is 11.1. The first-order valence-corrected chi connectivity index (χ1v) is 6.86. The Morgan fingerprint density at radius 3 is 2.94 bits per heavy atom. The van der Waals surface area contributed by atoms with E-state index in [1.807, 2.05) is 0 Å². The zero-order valence-corrected chi connectivity index (χ0v) is 11.1. The van der Waals surface area contributed by atoms with Gasteiger partial charge in [-0.2, -0.15) is 0 Å². The normalized spacial score (nSPS) is 45.8. The lowest BCUT2D eigenvalue weighted by Crippen LogP contribution is -2.49. The minimum Gasteiger partial charge on any atom is -0.369 e. The van der Waals surface area contributed by atoms with Gasteiger partial charge in [-0.1, -0.05) is 13.8 Å². The molecular weight excluding hydrogens is 212 g/mol. The van der Waals surface area contributed by atoms with Gasteiger partial charge in [0.1, 0.15) is 5.78 Å². The van der Waals surface area contributed by atoms with Gasteiger partial charge < -0.3 is 4.74 Å². The average molecular weight is 234 g/mol. The molecule has 94 valence electrons. The van der Waals surface area contributed by atoms with Gasteiger partial charge in [0, 0.05) is 11.8 Å². The highest BCUT2D eigenvalue weighted by Gasteiger charge is 2.52. The van der Waals surface area contributed by atoms with E-state index < -0.39 is 0 Å². The van der Waals surface area contributed by atoms with Crippen LogP contribution in [0, 0.1) is 17.3 Å². The Hall–Kier alpha value is -0.630. The monoisotopic (exact) mass is 234 g/mol. The number of fused-ring (bicyclic) bond motifs is 2. The number of hydrogen-bond donors (Lipinski definition) is 0. The quantitative estimate of drug-likeness (QED) is 0.602. The number of carbonyl (C=O) groups excluding carboxylic acids is 1. The molecule has 0 radical (unpaired) electrons. The van der Waals surface area contributed by atoms with Crippen molar-refractivity contribution in [3.05, 3.63) is 11.1 Å². The van der Waals surface area contributed by atoms with Crippen molar-refractivity contribution >= 4 is 5.78 Å². The van der Waals surface area contributed by atoms with Crippen LogP contribution in [-0.2, 0) is 9.53 Å². The number of Topliss-reactive ketones (excluding diaryl/α,β-unsaturated/α-hetero) is 1. The Kier molecular flexibility index (Phi) is 2.48. The predicted octanol–water partition coefficient (Wildman–Crippen LogP) is 3.12. The van der Waals surface area contributed by atoms with E-state index in [-0.39, 0.29) is 11.5 Å². The second kappa shape index (κ2) is 3.68. The first-order chi connectivity index (χ1) is 8.02. The van der Waals surface area contributed by atoms with E-state index in [4.69, 9.17) is 4.74 Å². The van der Waals surface area contributed by atoms with E-state index in [1.54, 1.807) is 0 Å². The number of ether oxygens (including phenoxy) is 1. The molecule has 3 aliphatic rings. The smallest absolute Gasteiger partial charge is 0.139 e. The van der Waals surface area contributed by atoms with Crippen molar-refractivity contribution in [3.63, 3.8) is 0 Å². The van der Waals surface area contributed by atoms with Gasteiger partial charge >= 0.3 is 0 Å². The van der Waals surface area contributed by atoms with E-state index in [2.05, 4.69) is 20.8 Å². The molecular formula is C15H22O2. The highest BCUT2D eigenvalue weighted by molar-refractivity contribution is 5.86. The van der Waals surface area contributed by atoms with Crippen molar-refractivity contribution in [2.45, 2.75) is 52.6 Å². The van der Waals surface area contributed by atoms with Crippen molar-refractivity contribution in [1.29, 1.82) is 0 Å². The Bertz CT molecular complexity index is 396. The van der Waals surface area contributed by atoms with Gasteiger partial charge in [-0.15, -0.1) is 0 Å². The van der Waals surface area contributed by atoms with Crippen molar-refractivity contribution in [1.82, 2.24) is 0 Å². The molecule has 2 nitrogen and oxygen atoms in total. The highest BCUT2D eigenvalue weighted by atomic mass is 16.5. The molecule has 1 heterocycles. The molecule has 2 heteroatoms. The molecule has 1 aliphatic heterocycles. The third-order valence-corrected chi connectivity index (χ3v) is 5.46. The minimum absolute atomic E-state index is 0.115. The third-order valence-electron chi connectivity index (χ3n) is 5.46. The third kappa shape index (κ3) is 1.53. The number of hydrogen-bond acceptors (Lipinski definition) is 2. The van der Waals surface area contributed by atoms with Crippen LogP contribution in [-0.4, -0.2) is 18.5 Å². The van der Waals surface area contributed by atoms with Gasteiger partial charge in [0.05, 0.1) is 12.7 Å². The molecule has 2 aliphatic carbocycles. The second-order valence-corrected chi connectivity index (χ2v) is 6.48. The number of carbonyl (C=O) groups is 1. The van der Waals surface area contributed by atoms with Crippen molar-refractivity contribution in [2.75, 3.05) is 6.61 Å². The van der Waals surface area contributed by atoms with Crippen molar-refractivity contribution < 1.29 is 9.53 Å². The number of rotatable bonds is 0. The molecule has 17 heavy (non-hydrogen) atoms. The summed E-state index contributed by atoms with van der Waals surface area (Å²) in [5.74, 6) is 1.71. The molecule has 0 N–H and O–H groups in total. The summed E-state index contributed by atoms with van der Waals surface area (Å²) in [5.41, 5.74) is 2.81.